The number of ether oxygens (including phenoxy) is 1. The van der Waals surface area contributed by atoms with Gasteiger partial charge in [0, 0.05) is 11.8 Å². The average molecular weight is 698 g/mol. The van der Waals surface area contributed by atoms with Crippen LogP contribution in [0, 0.1) is 68.0 Å². The number of carboxylic acids is 1. The van der Waals surface area contributed by atoms with E-state index in [1.165, 1.54) is 18.4 Å². The molecular weight excluding hydrogens is 626 g/mol. The molecule has 0 bridgehead atoms. The van der Waals surface area contributed by atoms with Gasteiger partial charge < -0.3 is 20.3 Å². The molecule has 0 aliphatic heterocycles. The van der Waals surface area contributed by atoms with Crippen LogP contribution in [0.15, 0.2) is 12.2 Å². The number of carbonyl (C=O) groups is 3. The second-order valence-corrected chi connectivity index (χ2v) is 20.5. The fraction of sp³-hybridized carbons (Fsp3) is 0.884. The molecule has 1 unspecified atom stereocenters. The molecule has 0 aromatic rings. The van der Waals surface area contributed by atoms with Gasteiger partial charge in [-0.15, -0.1) is 0 Å². The van der Waals surface area contributed by atoms with Crippen LogP contribution in [-0.4, -0.2) is 46.8 Å². The molecule has 0 radical (unpaired) electrons. The molecule has 3 N–H and O–H groups in total. The highest BCUT2D eigenvalue weighted by Crippen LogP contribution is 2.78. The van der Waals surface area contributed by atoms with Crippen molar-refractivity contribution in [3.05, 3.63) is 12.2 Å². The number of aliphatic hydroxyl groups is 1. The van der Waals surface area contributed by atoms with Gasteiger partial charge in [0.15, 0.2) is 0 Å². The molecule has 5 saturated carbocycles. The maximum atomic E-state index is 13.8. The van der Waals surface area contributed by atoms with Crippen molar-refractivity contribution in [3.8, 4) is 0 Å². The molecule has 5 rings (SSSR count). The Morgan fingerprint density at radius 1 is 0.900 bits per heavy atom. The molecule has 11 atom stereocenters. The van der Waals surface area contributed by atoms with Crippen molar-refractivity contribution in [1.82, 2.24) is 5.32 Å². The van der Waals surface area contributed by atoms with Crippen molar-refractivity contribution in [1.29, 1.82) is 0 Å². The summed E-state index contributed by atoms with van der Waals surface area (Å²) in [5.74, 6) is 1.56. The molecule has 7 nitrogen and oxygen atoms in total. The van der Waals surface area contributed by atoms with E-state index in [0.29, 0.717) is 41.9 Å². The highest BCUT2D eigenvalue weighted by molar-refractivity contribution is 5.81. The molecule has 50 heavy (non-hydrogen) atoms. The third-order valence-corrected chi connectivity index (χ3v) is 16.5. The van der Waals surface area contributed by atoms with E-state index in [2.05, 4.69) is 67.3 Å². The van der Waals surface area contributed by atoms with Gasteiger partial charge in [-0.2, -0.15) is 0 Å². The number of amides is 1. The molecule has 0 heterocycles. The summed E-state index contributed by atoms with van der Waals surface area (Å²) in [5, 5.41) is 22.9. The minimum atomic E-state index is -1.15. The fourth-order valence-corrected chi connectivity index (χ4v) is 13.8. The van der Waals surface area contributed by atoms with Crippen LogP contribution in [0.4, 0.5) is 0 Å². The van der Waals surface area contributed by atoms with Crippen LogP contribution in [-0.2, 0) is 19.1 Å². The van der Waals surface area contributed by atoms with Gasteiger partial charge in [0.1, 0.15) is 6.10 Å². The van der Waals surface area contributed by atoms with Gasteiger partial charge in [-0.1, -0.05) is 60.6 Å². The van der Waals surface area contributed by atoms with Crippen LogP contribution >= 0.6 is 0 Å². The van der Waals surface area contributed by atoms with Crippen molar-refractivity contribution < 1.29 is 29.3 Å². The van der Waals surface area contributed by atoms with E-state index in [0.717, 1.165) is 57.8 Å². The first-order valence-electron chi connectivity index (χ1n) is 20.1. The molecule has 5 aliphatic rings. The highest BCUT2D eigenvalue weighted by atomic mass is 16.5. The molecule has 0 saturated heterocycles. The Morgan fingerprint density at radius 2 is 1.58 bits per heavy atom. The van der Waals surface area contributed by atoms with Gasteiger partial charge in [0.05, 0.1) is 24.5 Å². The summed E-state index contributed by atoms with van der Waals surface area (Å²) in [6.45, 7) is 26.6. The Morgan fingerprint density at radius 3 is 2.18 bits per heavy atom. The minimum absolute atomic E-state index is 0.0147. The van der Waals surface area contributed by atoms with Crippen LogP contribution in [0.25, 0.3) is 0 Å². The smallest absolute Gasteiger partial charge is 0.309 e. The van der Waals surface area contributed by atoms with Crippen LogP contribution in [0.3, 0.4) is 0 Å². The maximum absolute atomic E-state index is 13.8. The van der Waals surface area contributed by atoms with E-state index in [-0.39, 0.29) is 58.2 Å². The maximum Gasteiger partial charge on any atom is 0.309 e. The number of hydrogen-bond acceptors (Lipinski definition) is 5. The van der Waals surface area contributed by atoms with E-state index in [1.54, 1.807) is 13.8 Å². The topological polar surface area (TPSA) is 113 Å². The number of hydrogen-bond donors (Lipinski definition) is 3. The number of aliphatic carboxylic acids is 1. The van der Waals surface area contributed by atoms with E-state index in [9.17, 15) is 24.6 Å². The zero-order chi connectivity index (χ0) is 37.2. The lowest BCUT2D eigenvalue weighted by Gasteiger charge is -2.73. The normalized spacial score (nSPS) is 41.2. The van der Waals surface area contributed by atoms with Gasteiger partial charge in [-0.05, 0) is 149 Å². The first kappa shape index (κ1) is 39.3. The summed E-state index contributed by atoms with van der Waals surface area (Å²) in [6, 6.07) is -0.186. The van der Waals surface area contributed by atoms with Crippen molar-refractivity contribution in [2.24, 2.45) is 68.0 Å². The fourth-order valence-electron chi connectivity index (χ4n) is 13.8. The predicted molar refractivity (Wildman–Crippen MR) is 198 cm³/mol. The predicted octanol–water partition coefficient (Wildman–Crippen LogP) is 8.97. The third kappa shape index (κ3) is 6.40. The average Bonchev–Trinajstić information content (AvgIpc) is 3.37. The van der Waals surface area contributed by atoms with Crippen LogP contribution in [0.2, 0.25) is 0 Å². The number of carbonyl (C=O) groups excluding carboxylic acids is 2. The first-order valence-corrected chi connectivity index (χ1v) is 20.1. The van der Waals surface area contributed by atoms with Gasteiger partial charge >= 0.3 is 11.9 Å². The number of rotatable bonds is 11. The van der Waals surface area contributed by atoms with Gasteiger partial charge in [-0.3, -0.25) is 14.4 Å². The largest absolute Gasteiger partial charge is 0.481 e. The van der Waals surface area contributed by atoms with E-state index < -0.39 is 17.4 Å². The molecule has 7 heteroatoms. The molecule has 0 aromatic heterocycles. The van der Waals surface area contributed by atoms with Gasteiger partial charge in [0.25, 0.3) is 0 Å². The second-order valence-electron chi connectivity index (χ2n) is 20.5. The number of carboxylic acid groups (broad SMARTS) is 1. The molecule has 284 valence electrons. The summed E-state index contributed by atoms with van der Waals surface area (Å²) in [6.07, 6.45) is 11.9. The van der Waals surface area contributed by atoms with Crippen molar-refractivity contribution >= 4 is 17.8 Å². The van der Waals surface area contributed by atoms with Crippen LogP contribution in [0.1, 0.15) is 153 Å². The lowest BCUT2D eigenvalue weighted by molar-refractivity contribution is -0.250. The summed E-state index contributed by atoms with van der Waals surface area (Å²) >= 11 is 0. The van der Waals surface area contributed by atoms with Gasteiger partial charge in [-0.25, -0.2) is 0 Å². The standard InChI is InChI=1S/C43H71NO6/c1-26(2)22-28(25-45)44-34(46)23-43-19-14-29(27(3)4)36(43)30-12-13-32-40(9)17-16-33(50-35(47)24-38(5,6)37(48)49)39(7,8)31(40)15-18-42(32,11)41(30,10)20-21-43/h26,28-33,36,45H,3,12-25H2,1-2,4-11H3,(H,44,46)(H,48,49)/t28?,29-,30+,31-,32+,33-,36+,40-,41+,42+,43+/m0/s1. The minimum Gasteiger partial charge on any atom is -0.481 e. The Bertz CT molecular complexity index is 1340. The van der Waals surface area contributed by atoms with Crippen molar-refractivity contribution in [2.45, 2.75) is 165 Å². The Hall–Kier alpha value is -1.89. The number of fused-ring (bicyclic) bond motifs is 7. The number of aliphatic hydroxyl groups excluding tert-OH is 1. The van der Waals surface area contributed by atoms with Crippen molar-refractivity contribution in [3.63, 3.8) is 0 Å². The Kier molecular flexibility index (Phi) is 10.6. The zero-order valence-corrected chi connectivity index (χ0v) is 33.3. The lowest BCUT2D eigenvalue weighted by atomic mass is 9.32. The third-order valence-electron chi connectivity index (χ3n) is 16.5. The number of nitrogens with one attached hydrogen (secondary N) is 1. The van der Waals surface area contributed by atoms with Crippen LogP contribution < -0.4 is 5.32 Å². The lowest BCUT2D eigenvalue weighted by Crippen LogP contribution is -2.67. The Labute approximate surface area is 303 Å². The summed E-state index contributed by atoms with van der Waals surface area (Å²) in [7, 11) is 0. The summed E-state index contributed by atoms with van der Waals surface area (Å²) < 4.78 is 6.17. The molecule has 0 spiro atoms. The summed E-state index contributed by atoms with van der Waals surface area (Å²) in [5.41, 5.74) is 0.364. The van der Waals surface area contributed by atoms with Crippen LogP contribution in [0.5, 0.6) is 0 Å². The molecule has 5 aliphatic carbocycles. The van der Waals surface area contributed by atoms with Gasteiger partial charge in [0.2, 0.25) is 5.91 Å². The molecule has 1 amide bonds. The molecule has 5 fully saturated rings. The van der Waals surface area contributed by atoms with E-state index in [1.807, 2.05) is 0 Å². The number of esters is 1. The molecular formula is C43H71NO6. The number of allylic oxidation sites excluding steroid dienone is 1. The monoisotopic (exact) mass is 698 g/mol. The van der Waals surface area contributed by atoms with E-state index in [4.69, 9.17) is 4.74 Å². The second kappa shape index (κ2) is 13.5. The SMILES string of the molecule is C=C(C)[C@@H]1CC[C@]2(CC(=O)NC(CO)CC(C)C)CC[C@]3(C)[C@H](CC[C@@H]4[C@@]5(C)CC[C@H](OC(=O)CC(C)(C)C(=O)O)C(C)(C)[C@@H]5CC[C@]43C)[C@@H]12. The zero-order valence-electron chi connectivity index (χ0n) is 33.3. The quantitative estimate of drug-likeness (QED) is 0.147. The van der Waals surface area contributed by atoms with Crippen molar-refractivity contribution in [2.75, 3.05) is 6.61 Å². The first-order chi connectivity index (χ1) is 23.1. The Balaban J connectivity index is 1.39. The van der Waals surface area contributed by atoms with E-state index >= 15 is 0 Å². The molecule has 0 aromatic carbocycles. The highest BCUT2D eigenvalue weighted by Gasteiger charge is 2.71. The summed E-state index contributed by atoms with van der Waals surface area (Å²) in [4.78, 5) is 38.6.